The Hall–Kier alpha value is -3.45. The van der Waals surface area contributed by atoms with E-state index in [0.29, 0.717) is 49.2 Å². The van der Waals surface area contributed by atoms with Crippen LogP contribution in [-0.2, 0) is 0 Å². The van der Waals surface area contributed by atoms with E-state index in [4.69, 9.17) is 21.3 Å². The molecule has 0 radical (unpaired) electrons. The maximum absolute atomic E-state index is 12.9. The van der Waals surface area contributed by atoms with E-state index in [1.807, 2.05) is 66.6 Å². The van der Waals surface area contributed by atoms with Crippen LogP contribution in [0.1, 0.15) is 6.92 Å². The number of amides is 2. The average Bonchev–Trinajstić information content (AvgIpc) is 3.30. The number of hydrogen-bond donors (Lipinski definition) is 1. The van der Waals surface area contributed by atoms with Crippen molar-refractivity contribution in [1.29, 1.82) is 0 Å². The number of nitrogens with one attached hydrogen (secondary N) is 1. The largest absolute Gasteiger partial charge is 0.492 e. The molecule has 5 rings (SSSR count). The van der Waals surface area contributed by atoms with Gasteiger partial charge >= 0.3 is 6.03 Å². The summed E-state index contributed by atoms with van der Waals surface area (Å²) < 4.78 is 7.75. The Morgan fingerprint density at radius 2 is 1.88 bits per heavy atom. The van der Waals surface area contributed by atoms with Gasteiger partial charge in [-0.05, 0) is 49.4 Å². The molecular formula is C24H24ClN5O2. The Labute approximate surface area is 191 Å². The SMILES string of the molecule is CCOc1ccccc1NC(=O)N1CCN(c2nc3cc(Cl)ccc3n3cccc23)CC1. The summed E-state index contributed by atoms with van der Waals surface area (Å²) in [7, 11) is 0. The molecule has 1 saturated heterocycles. The van der Waals surface area contributed by atoms with Crippen molar-refractivity contribution in [2.75, 3.05) is 43.0 Å². The molecule has 0 bridgehead atoms. The number of halogens is 1. The summed E-state index contributed by atoms with van der Waals surface area (Å²) in [6.45, 7) is 5.06. The molecule has 2 amide bonds. The van der Waals surface area contributed by atoms with Crippen LogP contribution in [-0.4, -0.2) is 53.1 Å². The second-order valence-electron chi connectivity index (χ2n) is 7.67. The van der Waals surface area contributed by atoms with Gasteiger partial charge in [0.05, 0.1) is 28.8 Å². The number of nitrogens with zero attached hydrogens (tertiary/aromatic N) is 4. The van der Waals surface area contributed by atoms with E-state index in [9.17, 15) is 4.79 Å². The Kier molecular flexibility index (Phi) is 5.49. The molecule has 1 N–H and O–H groups in total. The third kappa shape index (κ3) is 3.80. The van der Waals surface area contributed by atoms with Gasteiger partial charge in [0.1, 0.15) is 5.75 Å². The Bertz CT molecular complexity index is 1280. The zero-order chi connectivity index (χ0) is 22.1. The number of carbonyl (C=O) groups is 1. The molecule has 0 unspecified atom stereocenters. The zero-order valence-electron chi connectivity index (χ0n) is 17.8. The molecule has 0 spiro atoms. The molecule has 1 fully saturated rings. The minimum atomic E-state index is -0.122. The minimum Gasteiger partial charge on any atom is -0.492 e. The van der Waals surface area contributed by atoms with E-state index >= 15 is 0 Å². The number of aromatic nitrogens is 2. The lowest BCUT2D eigenvalue weighted by Gasteiger charge is -2.35. The van der Waals surface area contributed by atoms with E-state index in [0.717, 1.165) is 22.4 Å². The van der Waals surface area contributed by atoms with Crippen LogP contribution in [0.3, 0.4) is 0 Å². The predicted octanol–water partition coefficient (Wildman–Crippen LogP) is 4.89. The number of benzene rings is 2. The third-order valence-corrected chi connectivity index (χ3v) is 5.93. The lowest BCUT2D eigenvalue weighted by Crippen LogP contribution is -2.50. The van der Waals surface area contributed by atoms with Crippen LogP contribution in [0.5, 0.6) is 5.75 Å². The van der Waals surface area contributed by atoms with Gasteiger partial charge in [-0.1, -0.05) is 23.7 Å². The monoisotopic (exact) mass is 449 g/mol. The van der Waals surface area contributed by atoms with Gasteiger partial charge in [0.15, 0.2) is 5.82 Å². The number of piperazine rings is 1. The highest BCUT2D eigenvalue weighted by molar-refractivity contribution is 6.31. The smallest absolute Gasteiger partial charge is 0.322 e. The number of hydrogen-bond acceptors (Lipinski definition) is 4. The van der Waals surface area contributed by atoms with Crippen LogP contribution < -0.4 is 15.0 Å². The van der Waals surface area contributed by atoms with Gasteiger partial charge in [-0.2, -0.15) is 0 Å². The normalized spacial score (nSPS) is 14.2. The van der Waals surface area contributed by atoms with Crippen molar-refractivity contribution in [3.05, 3.63) is 65.8 Å². The number of fused-ring (bicyclic) bond motifs is 3. The van der Waals surface area contributed by atoms with E-state index < -0.39 is 0 Å². The van der Waals surface area contributed by atoms with Gasteiger partial charge in [0, 0.05) is 37.4 Å². The zero-order valence-corrected chi connectivity index (χ0v) is 18.5. The van der Waals surface area contributed by atoms with Crippen molar-refractivity contribution in [2.45, 2.75) is 6.92 Å². The van der Waals surface area contributed by atoms with Gasteiger partial charge in [-0.25, -0.2) is 9.78 Å². The number of ether oxygens (including phenoxy) is 1. The topological polar surface area (TPSA) is 62.1 Å². The lowest BCUT2D eigenvalue weighted by atomic mass is 10.2. The van der Waals surface area contributed by atoms with Gasteiger partial charge < -0.3 is 24.3 Å². The molecule has 1 aliphatic heterocycles. The fourth-order valence-corrected chi connectivity index (χ4v) is 4.30. The molecule has 0 saturated carbocycles. The molecule has 1 aliphatic rings. The number of urea groups is 1. The average molecular weight is 450 g/mol. The van der Waals surface area contributed by atoms with Crippen molar-refractivity contribution < 1.29 is 9.53 Å². The third-order valence-electron chi connectivity index (χ3n) is 5.70. The van der Waals surface area contributed by atoms with Crippen LogP contribution >= 0.6 is 11.6 Å². The number of rotatable bonds is 4. The fraction of sp³-hybridized carbons (Fsp3) is 0.250. The van der Waals surface area contributed by atoms with E-state index in [-0.39, 0.29) is 6.03 Å². The summed E-state index contributed by atoms with van der Waals surface area (Å²) >= 11 is 6.21. The van der Waals surface area contributed by atoms with Crippen LogP contribution in [0.4, 0.5) is 16.3 Å². The molecule has 8 heteroatoms. The van der Waals surface area contributed by atoms with Crippen molar-refractivity contribution in [1.82, 2.24) is 14.3 Å². The van der Waals surface area contributed by atoms with Gasteiger partial charge in [0.2, 0.25) is 0 Å². The molecule has 164 valence electrons. The van der Waals surface area contributed by atoms with Gasteiger partial charge in [-0.15, -0.1) is 0 Å². The first-order valence-electron chi connectivity index (χ1n) is 10.7. The number of para-hydroxylation sites is 2. The molecule has 32 heavy (non-hydrogen) atoms. The molecule has 2 aromatic heterocycles. The highest BCUT2D eigenvalue weighted by Gasteiger charge is 2.24. The van der Waals surface area contributed by atoms with Gasteiger partial charge in [0.25, 0.3) is 0 Å². The Balaban J connectivity index is 1.33. The standard InChI is InChI=1S/C24H24ClN5O2/c1-2-32-22-8-4-3-6-18(22)27-24(31)29-14-12-28(13-15-29)23-21-7-5-11-30(21)20-10-9-17(25)16-19(20)26-23/h3-11,16H,2,12-15H2,1H3,(H,27,31). The molecule has 7 nitrogen and oxygen atoms in total. The fourth-order valence-electron chi connectivity index (χ4n) is 4.13. The lowest BCUT2D eigenvalue weighted by molar-refractivity contribution is 0.208. The van der Waals surface area contributed by atoms with Crippen molar-refractivity contribution in [2.24, 2.45) is 0 Å². The highest BCUT2D eigenvalue weighted by Crippen LogP contribution is 2.28. The molecule has 0 aliphatic carbocycles. The molecule has 3 heterocycles. The predicted molar refractivity (Wildman–Crippen MR) is 128 cm³/mol. The van der Waals surface area contributed by atoms with Crippen LogP contribution in [0.15, 0.2) is 60.8 Å². The van der Waals surface area contributed by atoms with Crippen LogP contribution in [0.25, 0.3) is 16.6 Å². The van der Waals surface area contributed by atoms with E-state index in [2.05, 4.69) is 20.7 Å². The number of anilines is 2. The highest BCUT2D eigenvalue weighted by atomic mass is 35.5. The quantitative estimate of drug-likeness (QED) is 0.481. The first kappa shape index (κ1) is 20.5. The van der Waals surface area contributed by atoms with Crippen molar-refractivity contribution >= 4 is 45.7 Å². The summed E-state index contributed by atoms with van der Waals surface area (Å²) in [5.74, 6) is 1.59. The summed E-state index contributed by atoms with van der Waals surface area (Å²) in [5, 5.41) is 3.65. The summed E-state index contributed by atoms with van der Waals surface area (Å²) in [6.07, 6.45) is 2.04. The maximum atomic E-state index is 12.9. The Morgan fingerprint density at radius 1 is 1.06 bits per heavy atom. The van der Waals surface area contributed by atoms with E-state index in [1.165, 1.54) is 0 Å². The molecular weight excluding hydrogens is 426 g/mol. The molecule has 2 aromatic carbocycles. The number of carbonyl (C=O) groups excluding carboxylic acids is 1. The van der Waals surface area contributed by atoms with E-state index in [1.54, 1.807) is 0 Å². The summed E-state index contributed by atoms with van der Waals surface area (Å²) in [4.78, 5) is 21.8. The second kappa shape index (κ2) is 8.59. The molecule has 4 aromatic rings. The van der Waals surface area contributed by atoms with Crippen molar-refractivity contribution in [3.8, 4) is 5.75 Å². The first-order chi connectivity index (χ1) is 15.6. The maximum Gasteiger partial charge on any atom is 0.322 e. The van der Waals surface area contributed by atoms with Crippen molar-refractivity contribution in [3.63, 3.8) is 0 Å². The summed E-state index contributed by atoms with van der Waals surface area (Å²) in [6, 6.07) is 17.2. The second-order valence-corrected chi connectivity index (χ2v) is 8.10. The minimum absolute atomic E-state index is 0.122. The van der Waals surface area contributed by atoms with Crippen LogP contribution in [0, 0.1) is 0 Å². The summed E-state index contributed by atoms with van der Waals surface area (Å²) in [5.41, 5.74) is 3.60. The van der Waals surface area contributed by atoms with Gasteiger partial charge in [-0.3, -0.25) is 0 Å². The first-order valence-corrected chi connectivity index (χ1v) is 11.1. The van der Waals surface area contributed by atoms with Crippen LogP contribution in [0.2, 0.25) is 5.02 Å². The Morgan fingerprint density at radius 3 is 2.69 bits per heavy atom. The molecule has 0 atom stereocenters.